The van der Waals surface area contributed by atoms with E-state index in [4.69, 9.17) is 0 Å². The number of aliphatic hydroxyl groups is 1. The van der Waals surface area contributed by atoms with Crippen LogP contribution in [0.3, 0.4) is 0 Å². The maximum Gasteiger partial charge on any atom is 0.133 e. The van der Waals surface area contributed by atoms with E-state index in [0.717, 1.165) is 43.4 Å². The first-order valence-corrected chi connectivity index (χ1v) is 8.63. The zero-order chi connectivity index (χ0) is 14.5. The van der Waals surface area contributed by atoms with Gasteiger partial charge in [-0.2, -0.15) is 0 Å². The van der Waals surface area contributed by atoms with Crippen molar-refractivity contribution in [3.63, 3.8) is 0 Å². The molecule has 3 aliphatic rings. The van der Waals surface area contributed by atoms with Crippen molar-refractivity contribution in [2.75, 3.05) is 0 Å². The highest BCUT2D eigenvalue weighted by Crippen LogP contribution is 2.57. The van der Waals surface area contributed by atoms with Crippen LogP contribution in [0.5, 0.6) is 0 Å². The third-order valence-corrected chi connectivity index (χ3v) is 7.48. The molecule has 114 valence electrons. The largest absolute Gasteiger partial charge is 0.393 e. The van der Waals surface area contributed by atoms with Gasteiger partial charge in [-0.25, -0.2) is 0 Å². The van der Waals surface area contributed by atoms with Gasteiger partial charge in [0.15, 0.2) is 0 Å². The van der Waals surface area contributed by atoms with Crippen molar-refractivity contribution in [2.24, 2.45) is 35.0 Å². The fourth-order valence-electron chi connectivity index (χ4n) is 5.76. The van der Waals surface area contributed by atoms with E-state index in [2.05, 4.69) is 13.8 Å². The first-order chi connectivity index (χ1) is 9.43. The van der Waals surface area contributed by atoms with E-state index in [0.29, 0.717) is 17.6 Å². The predicted octanol–water partition coefficient (Wildman–Crippen LogP) is 3.82. The second-order valence-electron chi connectivity index (χ2n) is 8.12. The second-order valence-corrected chi connectivity index (χ2v) is 8.12. The summed E-state index contributed by atoms with van der Waals surface area (Å²) in [4.78, 5) is 11.7. The van der Waals surface area contributed by atoms with E-state index >= 15 is 0 Å². The lowest BCUT2D eigenvalue weighted by Crippen LogP contribution is -2.51. The minimum absolute atomic E-state index is 0.0957. The lowest BCUT2D eigenvalue weighted by atomic mass is 9.49. The van der Waals surface area contributed by atoms with Crippen LogP contribution in [0.15, 0.2) is 0 Å². The molecule has 2 nitrogen and oxygen atoms in total. The normalized spacial score (nSPS) is 50.2. The Labute approximate surface area is 123 Å². The molecule has 0 aromatic carbocycles. The molecule has 3 saturated carbocycles. The summed E-state index contributed by atoms with van der Waals surface area (Å²) >= 11 is 0. The van der Waals surface area contributed by atoms with Crippen LogP contribution in [0, 0.1) is 35.0 Å². The van der Waals surface area contributed by atoms with E-state index < -0.39 is 0 Å². The Morgan fingerprint density at radius 1 is 1.15 bits per heavy atom. The Morgan fingerprint density at radius 3 is 2.60 bits per heavy atom. The van der Waals surface area contributed by atoms with Gasteiger partial charge in [-0.05, 0) is 74.0 Å². The molecule has 0 bridgehead atoms. The number of hydrogen-bond donors (Lipinski definition) is 1. The molecule has 1 N–H and O–H groups in total. The van der Waals surface area contributed by atoms with E-state index in [9.17, 15) is 9.90 Å². The van der Waals surface area contributed by atoms with Crippen LogP contribution in [0.4, 0.5) is 0 Å². The minimum atomic E-state index is -0.205. The number of carbonyl (C=O) groups excluding carboxylic acids is 1. The second kappa shape index (κ2) is 5.12. The minimum Gasteiger partial charge on any atom is -0.393 e. The average Bonchev–Trinajstić information content (AvgIpc) is 2.42. The molecule has 0 saturated heterocycles. The first kappa shape index (κ1) is 14.6. The van der Waals surface area contributed by atoms with E-state index in [-0.39, 0.29) is 11.5 Å². The van der Waals surface area contributed by atoms with Crippen molar-refractivity contribution in [2.45, 2.75) is 71.8 Å². The highest BCUT2D eigenvalue weighted by Gasteiger charge is 2.51. The number of hydrogen-bond acceptors (Lipinski definition) is 2. The third-order valence-electron chi connectivity index (χ3n) is 7.48. The van der Waals surface area contributed by atoms with Crippen molar-refractivity contribution in [1.29, 1.82) is 0 Å². The van der Waals surface area contributed by atoms with Crippen LogP contribution in [0.25, 0.3) is 0 Å². The number of aliphatic hydroxyl groups excluding tert-OH is 1. The molecule has 3 rings (SSSR count). The molecule has 0 radical (unpaired) electrons. The molecule has 0 amide bonds. The van der Waals surface area contributed by atoms with Gasteiger partial charge in [-0.1, -0.05) is 13.8 Å². The molecular formula is C18H30O2. The molecule has 0 aromatic rings. The van der Waals surface area contributed by atoms with Gasteiger partial charge in [0.05, 0.1) is 6.10 Å². The molecular weight excluding hydrogens is 248 g/mol. The molecule has 0 spiro atoms. The summed E-state index contributed by atoms with van der Waals surface area (Å²) in [5.41, 5.74) is 0.0957. The van der Waals surface area contributed by atoms with Gasteiger partial charge in [-0.15, -0.1) is 0 Å². The number of rotatable bonds is 1. The Morgan fingerprint density at radius 2 is 1.90 bits per heavy atom. The fourth-order valence-corrected chi connectivity index (χ4v) is 5.76. The zero-order valence-corrected chi connectivity index (χ0v) is 13.3. The number of ketones is 1. The van der Waals surface area contributed by atoms with Gasteiger partial charge < -0.3 is 5.11 Å². The Kier molecular flexibility index (Phi) is 3.73. The Hall–Kier alpha value is -0.370. The average molecular weight is 278 g/mol. The Bertz CT molecular complexity index is 389. The fraction of sp³-hybridized carbons (Fsp3) is 0.944. The SMILES string of the molecule is CC1C2CC[C@H]3CC(=O)CCC3C2CCC1(C)[C@H](C)O. The standard InChI is InChI=1S/C18H30O2/c1-11-15-6-4-13-10-14(20)5-7-16(13)17(15)8-9-18(11,3)12(2)19/h11-13,15-17,19H,4-10H2,1-3H3/t11?,12-,13-,15?,16?,17?,18?/m0/s1. The van der Waals surface area contributed by atoms with E-state index in [1.54, 1.807) is 0 Å². The summed E-state index contributed by atoms with van der Waals surface area (Å²) in [6, 6.07) is 0. The monoisotopic (exact) mass is 278 g/mol. The molecule has 2 heteroatoms. The molecule has 20 heavy (non-hydrogen) atoms. The summed E-state index contributed by atoms with van der Waals surface area (Å²) in [5, 5.41) is 10.2. The van der Waals surface area contributed by atoms with Gasteiger partial charge in [0.25, 0.3) is 0 Å². The quantitative estimate of drug-likeness (QED) is 0.792. The van der Waals surface area contributed by atoms with Crippen LogP contribution in [0.2, 0.25) is 0 Å². The van der Waals surface area contributed by atoms with Gasteiger partial charge in [-0.3, -0.25) is 4.79 Å². The summed E-state index contributed by atoms with van der Waals surface area (Å²) in [6.07, 6.45) is 7.57. The molecule has 0 heterocycles. The smallest absolute Gasteiger partial charge is 0.133 e. The highest BCUT2D eigenvalue weighted by molar-refractivity contribution is 5.79. The van der Waals surface area contributed by atoms with Crippen molar-refractivity contribution < 1.29 is 9.90 Å². The van der Waals surface area contributed by atoms with Crippen LogP contribution in [-0.2, 0) is 4.79 Å². The molecule has 0 aliphatic heterocycles. The first-order valence-electron chi connectivity index (χ1n) is 8.63. The van der Waals surface area contributed by atoms with Gasteiger partial charge in [0.1, 0.15) is 5.78 Å². The maximum absolute atomic E-state index is 11.7. The summed E-state index contributed by atoms with van der Waals surface area (Å²) in [7, 11) is 0. The topological polar surface area (TPSA) is 37.3 Å². The van der Waals surface area contributed by atoms with Crippen LogP contribution in [0.1, 0.15) is 65.7 Å². The predicted molar refractivity (Wildman–Crippen MR) is 80.2 cm³/mol. The molecule has 5 unspecified atom stereocenters. The van der Waals surface area contributed by atoms with Crippen molar-refractivity contribution in [3.8, 4) is 0 Å². The zero-order valence-electron chi connectivity index (χ0n) is 13.3. The summed E-state index contributed by atoms with van der Waals surface area (Å²) in [5.74, 6) is 4.19. The van der Waals surface area contributed by atoms with E-state index in [1.165, 1.54) is 19.3 Å². The lowest BCUT2D eigenvalue weighted by molar-refractivity contribution is -0.130. The van der Waals surface area contributed by atoms with Crippen LogP contribution < -0.4 is 0 Å². The number of fused-ring (bicyclic) bond motifs is 3. The summed E-state index contributed by atoms with van der Waals surface area (Å²) < 4.78 is 0. The van der Waals surface area contributed by atoms with Crippen LogP contribution >= 0.6 is 0 Å². The van der Waals surface area contributed by atoms with Crippen molar-refractivity contribution in [1.82, 2.24) is 0 Å². The molecule has 7 atom stereocenters. The number of Topliss-reactive ketones (excluding diaryl/α,β-unsaturated/α-hetero) is 1. The Balaban J connectivity index is 1.79. The van der Waals surface area contributed by atoms with Crippen molar-refractivity contribution in [3.05, 3.63) is 0 Å². The molecule has 0 aromatic heterocycles. The van der Waals surface area contributed by atoms with Crippen LogP contribution in [-0.4, -0.2) is 17.0 Å². The number of carbonyl (C=O) groups is 1. The van der Waals surface area contributed by atoms with Gasteiger partial charge in [0, 0.05) is 12.8 Å². The van der Waals surface area contributed by atoms with Gasteiger partial charge >= 0.3 is 0 Å². The molecule has 3 fully saturated rings. The maximum atomic E-state index is 11.7. The van der Waals surface area contributed by atoms with E-state index in [1.807, 2.05) is 6.92 Å². The highest BCUT2D eigenvalue weighted by atomic mass is 16.3. The van der Waals surface area contributed by atoms with Crippen molar-refractivity contribution >= 4 is 5.78 Å². The summed E-state index contributed by atoms with van der Waals surface area (Å²) in [6.45, 7) is 6.63. The third kappa shape index (κ3) is 2.15. The van der Waals surface area contributed by atoms with Gasteiger partial charge in [0.2, 0.25) is 0 Å². The lowest BCUT2D eigenvalue weighted by Gasteiger charge is -2.56. The molecule has 3 aliphatic carbocycles.